The monoisotopic (exact) mass is 574 g/mol. The van der Waals surface area contributed by atoms with E-state index < -0.39 is 18.1 Å². The maximum absolute atomic E-state index is 15.7. The normalized spacial score (nSPS) is 15.0. The molecule has 13 heteroatoms. The average Bonchev–Trinajstić information content (AvgIpc) is 3.72. The number of likely N-dealkylation sites (tertiary alicyclic amines) is 1. The summed E-state index contributed by atoms with van der Waals surface area (Å²) < 4.78 is 49.7. The van der Waals surface area contributed by atoms with E-state index >= 15 is 4.39 Å². The summed E-state index contributed by atoms with van der Waals surface area (Å²) in [5, 5.41) is 14.8. The van der Waals surface area contributed by atoms with Crippen LogP contribution in [-0.4, -0.2) is 59.5 Å². The van der Waals surface area contributed by atoms with E-state index in [4.69, 9.17) is 4.42 Å². The maximum Gasteiger partial charge on any atom is 0.329 e. The molecule has 0 spiro atoms. The van der Waals surface area contributed by atoms with E-state index in [1.807, 2.05) is 18.2 Å². The number of fused-ring (bicyclic) bond motifs is 2. The van der Waals surface area contributed by atoms with Crippen molar-refractivity contribution in [3.63, 3.8) is 0 Å². The highest BCUT2D eigenvalue weighted by molar-refractivity contribution is 5.88. The fraction of sp³-hybridized carbons (Fsp3) is 0.276. The van der Waals surface area contributed by atoms with Crippen molar-refractivity contribution in [1.82, 2.24) is 39.4 Å². The summed E-state index contributed by atoms with van der Waals surface area (Å²) in [5.74, 6) is -1.30. The van der Waals surface area contributed by atoms with E-state index in [1.165, 1.54) is 16.8 Å². The molecule has 0 radical (unpaired) electrons. The molecule has 1 aliphatic rings. The van der Waals surface area contributed by atoms with Crippen molar-refractivity contribution in [2.75, 3.05) is 20.1 Å². The molecule has 1 saturated heterocycles. The van der Waals surface area contributed by atoms with Crippen molar-refractivity contribution in [3.05, 3.63) is 82.7 Å². The molecule has 1 aliphatic heterocycles. The van der Waals surface area contributed by atoms with Gasteiger partial charge in [-0.1, -0.05) is 6.07 Å². The van der Waals surface area contributed by atoms with Gasteiger partial charge in [-0.25, -0.2) is 9.18 Å². The topological polar surface area (TPSA) is 111 Å². The van der Waals surface area contributed by atoms with Gasteiger partial charge in [-0.05, 0) is 68.9 Å². The van der Waals surface area contributed by atoms with Gasteiger partial charge in [0.05, 0.1) is 40.5 Å². The molecule has 0 atom stereocenters. The van der Waals surface area contributed by atoms with E-state index in [0.717, 1.165) is 36.8 Å². The minimum Gasteiger partial charge on any atom is -0.415 e. The van der Waals surface area contributed by atoms with Crippen molar-refractivity contribution in [2.45, 2.75) is 31.9 Å². The lowest BCUT2D eigenvalue weighted by Gasteiger charge is -2.29. The molecule has 6 aromatic rings. The Kier molecular flexibility index (Phi) is 6.38. The van der Waals surface area contributed by atoms with Gasteiger partial charge in [0.25, 0.3) is 5.89 Å². The number of piperidine rings is 1. The van der Waals surface area contributed by atoms with Crippen molar-refractivity contribution in [3.8, 4) is 22.6 Å². The molecule has 5 heterocycles. The zero-order valence-electron chi connectivity index (χ0n) is 22.5. The quantitative estimate of drug-likeness (QED) is 0.292. The lowest BCUT2D eigenvalue weighted by atomic mass is 10.0. The van der Waals surface area contributed by atoms with E-state index in [9.17, 15) is 13.6 Å². The van der Waals surface area contributed by atoms with Crippen LogP contribution in [0.2, 0.25) is 0 Å². The van der Waals surface area contributed by atoms with Gasteiger partial charge in [0.1, 0.15) is 5.82 Å². The number of alkyl halides is 2. The summed E-state index contributed by atoms with van der Waals surface area (Å²) in [6.07, 6.45) is 1.82. The SMILES string of the molecule is CN1CCC(n2c(=O)n(Cc3ccc(-c4nnc(C(F)F)o4)cn3)c3cc(F)c(-c4ccc5[nH]ncc5c4)cc32)CC1. The minimum atomic E-state index is -2.87. The number of nitrogens with zero attached hydrogens (tertiary/aromatic N) is 7. The van der Waals surface area contributed by atoms with Crippen molar-refractivity contribution in [1.29, 1.82) is 0 Å². The number of hydrogen-bond acceptors (Lipinski definition) is 7. The number of imidazole rings is 1. The van der Waals surface area contributed by atoms with Crippen molar-refractivity contribution >= 4 is 21.9 Å². The third-order valence-electron chi connectivity index (χ3n) is 7.88. The largest absolute Gasteiger partial charge is 0.415 e. The molecule has 0 amide bonds. The highest BCUT2D eigenvalue weighted by Crippen LogP contribution is 2.33. The molecule has 2 aromatic carbocycles. The van der Waals surface area contributed by atoms with Gasteiger partial charge in [-0.2, -0.15) is 13.9 Å². The number of pyridine rings is 1. The first-order valence-corrected chi connectivity index (χ1v) is 13.5. The molecular weight excluding hydrogens is 549 g/mol. The third kappa shape index (κ3) is 4.55. The Bertz CT molecular complexity index is 1970. The summed E-state index contributed by atoms with van der Waals surface area (Å²) in [6.45, 7) is 1.78. The lowest BCUT2D eigenvalue weighted by Crippen LogP contribution is -2.36. The Labute approximate surface area is 236 Å². The van der Waals surface area contributed by atoms with E-state index in [-0.39, 0.29) is 24.2 Å². The van der Waals surface area contributed by atoms with Gasteiger partial charge in [0, 0.05) is 29.3 Å². The van der Waals surface area contributed by atoms with Gasteiger partial charge in [-0.3, -0.25) is 19.2 Å². The first-order valence-electron chi connectivity index (χ1n) is 13.5. The Morgan fingerprint density at radius 2 is 1.83 bits per heavy atom. The van der Waals surface area contributed by atoms with Gasteiger partial charge < -0.3 is 9.32 Å². The van der Waals surface area contributed by atoms with Crippen LogP contribution in [0.3, 0.4) is 0 Å². The van der Waals surface area contributed by atoms with Crippen LogP contribution in [0.5, 0.6) is 0 Å². The van der Waals surface area contributed by atoms with Crippen LogP contribution in [0.1, 0.15) is 36.9 Å². The zero-order valence-corrected chi connectivity index (χ0v) is 22.5. The van der Waals surface area contributed by atoms with Gasteiger partial charge in [-0.15, -0.1) is 10.2 Å². The molecule has 0 bridgehead atoms. The van der Waals surface area contributed by atoms with Gasteiger partial charge >= 0.3 is 12.1 Å². The highest BCUT2D eigenvalue weighted by atomic mass is 19.3. The second-order valence-electron chi connectivity index (χ2n) is 10.6. The number of aromatic nitrogens is 7. The number of H-pyrrole nitrogens is 1. The first-order chi connectivity index (χ1) is 20.4. The molecule has 42 heavy (non-hydrogen) atoms. The Balaban J connectivity index is 1.30. The first kappa shape index (κ1) is 26.1. The standard InChI is InChI=1S/C29H25F3N8O2/c1-38-8-6-20(7-9-38)40-25-11-21(16-3-5-23-18(10-16)14-34-35-23)22(30)12-24(25)39(29(40)41)15-19-4-2-17(13-33-19)27-36-37-28(42-27)26(31)32/h2-5,10-14,20,26H,6-9,15H2,1H3,(H,34,35). The van der Waals surface area contributed by atoms with Crippen molar-refractivity contribution < 1.29 is 17.6 Å². The van der Waals surface area contributed by atoms with Crippen LogP contribution >= 0.6 is 0 Å². The third-order valence-corrected chi connectivity index (χ3v) is 7.88. The van der Waals surface area contributed by atoms with Crippen LogP contribution in [0.4, 0.5) is 13.2 Å². The van der Waals surface area contributed by atoms with Gasteiger partial charge in [0.2, 0.25) is 5.89 Å². The fourth-order valence-corrected chi connectivity index (χ4v) is 5.63. The molecule has 10 nitrogen and oxygen atoms in total. The molecular formula is C29H25F3N8O2. The molecule has 0 saturated carbocycles. The molecule has 4 aromatic heterocycles. The molecule has 0 unspecified atom stereocenters. The number of halogens is 3. The van der Waals surface area contributed by atoms with Crippen LogP contribution < -0.4 is 5.69 Å². The van der Waals surface area contributed by atoms with Gasteiger partial charge in [0.15, 0.2) is 0 Å². The van der Waals surface area contributed by atoms with E-state index in [0.29, 0.717) is 33.4 Å². The predicted molar refractivity (Wildman–Crippen MR) is 149 cm³/mol. The van der Waals surface area contributed by atoms with Crippen LogP contribution in [-0.2, 0) is 6.54 Å². The zero-order chi connectivity index (χ0) is 29.0. The maximum atomic E-state index is 15.7. The molecule has 214 valence electrons. The number of hydrogen-bond donors (Lipinski definition) is 1. The van der Waals surface area contributed by atoms with Crippen LogP contribution in [0.15, 0.2) is 64.1 Å². The van der Waals surface area contributed by atoms with Crippen LogP contribution in [0, 0.1) is 5.82 Å². The lowest BCUT2D eigenvalue weighted by molar-refractivity contribution is 0.116. The highest BCUT2D eigenvalue weighted by Gasteiger charge is 2.26. The summed E-state index contributed by atoms with van der Waals surface area (Å²) in [6, 6.07) is 12.0. The Morgan fingerprint density at radius 3 is 2.57 bits per heavy atom. The van der Waals surface area contributed by atoms with Crippen molar-refractivity contribution in [2.24, 2.45) is 0 Å². The summed E-state index contributed by atoms with van der Waals surface area (Å²) in [5.41, 5.74) is 3.69. The molecule has 1 fully saturated rings. The van der Waals surface area contributed by atoms with Crippen LogP contribution in [0.25, 0.3) is 44.5 Å². The number of aromatic amines is 1. The number of rotatable bonds is 6. The molecule has 0 aliphatic carbocycles. The molecule has 7 rings (SSSR count). The smallest absolute Gasteiger partial charge is 0.329 e. The van der Waals surface area contributed by atoms with E-state index in [1.54, 1.807) is 29.0 Å². The summed E-state index contributed by atoms with van der Waals surface area (Å²) in [7, 11) is 2.06. The number of nitrogens with one attached hydrogen (secondary N) is 1. The second kappa shape index (κ2) is 10.2. The second-order valence-corrected chi connectivity index (χ2v) is 10.6. The van der Waals surface area contributed by atoms with E-state index in [2.05, 4.69) is 37.3 Å². The predicted octanol–water partition coefficient (Wildman–Crippen LogP) is 5.18. The minimum absolute atomic E-state index is 0.0380. The fourth-order valence-electron chi connectivity index (χ4n) is 5.63. The molecule has 1 N–H and O–H groups in total. The average molecular weight is 575 g/mol. The summed E-state index contributed by atoms with van der Waals surface area (Å²) >= 11 is 0. The number of benzene rings is 2. The Morgan fingerprint density at radius 1 is 1.02 bits per heavy atom. The Hall–Kier alpha value is -4.78. The summed E-state index contributed by atoms with van der Waals surface area (Å²) in [4.78, 5) is 20.6.